The van der Waals surface area contributed by atoms with Crippen LogP contribution in [0.1, 0.15) is 40.0 Å². The van der Waals surface area contributed by atoms with Crippen molar-refractivity contribution < 1.29 is 9.90 Å². The predicted octanol–water partition coefficient (Wildman–Crippen LogP) is 2.53. The zero-order valence-electron chi connectivity index (χ0n) is 7.63. The zero-order valence-corrected chi connectivity index (χ0v) is 7.63. The minimum atomic E-state index is -0.673. The third-order valence-electron chi connectivity index (χ3n) is 2.21. The number of carbonyl (C=O) groups is 1. The van der Waals surface area contributed by atoms with E-state index in [0.29, 0.717) is 5.92 Å². The number of carboxylic acids is 1. The first kappa shape index (κ1) is 10.5. The molecular formula is C9H18O2. The fourth-order valence-corrected chi connectivity index (χ4v) is 0.862. The van der Waals surface area contributed by atoms with E-state index in [1.165, 1.54) is 0 Å². The molecule has 2 atom stereocenters. The van der Waals surface area contributed by atoms with Gasteiger partial charge in [0.15, 0.2) is 0 Å². The summed E-state index contributed by atoms with van der Waals surface area (Å²) in [6, 6.07) is 0. The van der Waals surface area contributed by atoms with E-state index in [9.17, 15) is 4.79 Å². The van der Waals surface area contributed by atoms with Gasteiger partial charge in [0.25, 0.3) is 0 Å². The lowest BCUT2D eigenvalue weighted by molar-refractivity contribution is -0.141. The molecule has 0 fully saturated rings. The van der Waals surface area contributed by atoms with Crippen LogP contribution in [0.5, 0.6) is 0 Å². The predicted molar refractivity (Wildman–Crippen MR) is 45.5 cm³/mol. The van der Waals surface area contributed by atoms with Crippen molar-refractivity contribution >= 4 is 5.97 Å². The summed E-state index contributed by atoms with van der Waals surface area (Å²) in [5, 5.41) is 8.57. The standard InChI is InChI=1S/C9H18O2/c1-4-7(2)5-6-8(3)9(10)11/h7-8H,4-6H2,1-3H3,(H,10,11)/t7-,8+/m1/s1. The van der Waals surface area contributed by atoms with Crippen molar-refractivity contribution in [2.45, 2.75) is 40.0 Å². The molecule has 66 valence electrons. The van der Waals surface area contributed by atoms with Crippen molar-refractivity contribution in [3.63, 3.8) is 0 Å². The Kier molecular flexibility index (Phi) is 4.92. The van der Waals surface area contributed by atoms with E-state index >= 15 is 0 Å². The zero-order chi connectivity index (χ0) is 8.85. The first-order valence-electron chi connectivity index (χ1n) is 4.30. The average molecular weight is 158 g/mol. The number of hydrogen-bond acceptors (Lipinski definition) is 1. The molecule has 0 saturated carbocycles. The van der Waals surface area contributed by atoms with Crippen LogP contribution in [0.3, 0.4) is 0 Å². The van der Waals surface area contributed by atoms with Crippen LogP contribution in [0.25, 0.3) is 0 Å². The summed E-state index contributed by atoms with van der Waals surface area (Å²) in [5.74, 6) is -0.186. The monoisotopic (exact) mass is 158 g/mol. The Morgan fingerprint density at radius 3 is 2.27 bits per heavy atom. The van der Waals surface area contributed by atoms with Crippen molar-refractivity contribution in [1.29, 1.82) is 0 Å². The molecule has 0 heterocycles. The van der Waals surface area contributed by atoms with E-state index in [2.05, 4.69) is 13.8 Å². The summed E-state index contributed by atoms with van der Waals surface area (Å²) >= 11 is 0. The Balaban J connectivity index is 3.45. The van der Waals surface area contributed by atoms with Gasteiger partial charge in [-0.05, 0) is 18.8 Å². The molecule has 0 aliphatic carbocycles. The molecule has 0 bridgehead atoms. The molecule has 0 amide bonds. The second kappa shape index (κ2) is 5.16. The third-order valence-corrected chi connectivity index (χ3v) is 2.21. The van der Waals surface area contributed by atoms with Crippen LogP contribution in [-0.2, 0) is 4.79 Å². The first-order valence-corrected chi connectivity index (χ1v) is 4.30. The largest absolute Gasteiger partial charge is 0.481 e. The van der Waals surface area contributed by atoms with E-state index in [1.54, 1.807) is 6.92 Å². The number of rotatable bonds is 5. The molecule has 0 aromatic carbocycles. The van der Waals surface area contributed by atoms with Crippen molar-refractivity contribution in [1.82, 2.24) is 0 Å². The molecular weight excluding hydrogens is 140 g/mol. The van der Waals surface area contributed by atoms with E-state index in [0.717, 1.165) is 19.3 Å². The van der Waals surface area contributed by atoms with Crippen molar-refractivity contribution in [2.24, 2.45) is 11.8 Å². The highest BCUT2D eigenvalue weighted by Crippen LogP contribution is 2.14. The van der Waals surface area contributed by atoms with Gasteiger partial charge in [-0.25, -0.2) is 0 Å². The second-order valence-electron chi connectivity index (χ2n) is 3.33. The quantitative estimate of drug-likeness (QED) is 0.667. The summed E-state index contributed by atoms with van der Waals surface area (Å²) in [5.41, 5.74) is 0. The highest BCUT2D eigenvalue weighted by Gasteiger charge is 2.11. The van der Waals surface area contributed by atoms with Gasteiger partial charge in [0.1, 0.15) is 0 Å². The molecule has 0 spiro atoms. The van der Waals surface area contributed by atoms with Gasteiger partial charge >= 0.3 is 5.97 Å². The van der Waals surface area contributed by atoms with Crippen molar-refractivity contribution in [3.05, 3.63) is 0 Å². The molecule has 0 aromatic rings. The van der Waals surface area contributed by atoms with E-state index < -0.39 is 5.97 Å². The highest BCUT2D eigenvalue weighted by atomic mass is 16.4. The molecule has 0 aliphatic rings. The number of hydrogen-bond donors (Lipinski definition) is 1. The molecule has 0 aliphatic heterocycles. The van der Waals surface area contributed by atoms with Gasteiger partial charge in [-0.1, -0.05) is 27.2 Å². The normalized spacial score (nSPS) is 15.9. The van der Waals surface area contributed by atoms with Gasteiger partial charge in [-0.3, -0.25) is 4.79 Å². The van der Waals surface area contributed by atoms with Gasteiger partial charge in [0.05, 0.1) is 5.92 Å². The second-order valence-corrected chi connectivity index (χ2v) is 3.33. The van der Waals surface area contributed by atoms with Crippen LogP contribution in [-0.4, -0.2) is 11.1 Å². The summed E-state index contributed by atoms with van der Waals surface area (Å²) in [6.07, 6.45) is 2.99. The Labute approximate surface area is 68.6 Å². The van der Waals surface area contributed by atoms with Crippen LogP contribution in [0, 0.1) is 11.8 Å². The molecule has 11 heavy (non-hydrogen) atoms. The lowest BCUT2D eigenvalue weighted by Crippen LogP contribution is -2.10. The van der Waals surface area contributed by atoms with Gasteiger partial charge in [0, 0.05) is 0 Å². The average Bonchev–Trinajstić information content (AvgIpc) is 1.99. The van der Waals surface area contributed by atoms with Gasteiger partial charge in [-0.15, -0.1) is 0 Å². The van der Waals surface area contributed by atoms with Gasteiger partial charge < -0.3 is 5.11 Å². The molecule has 2 heteroatoms. The fourth-order valence-electron chi connectivity index (χ4n) is 0.862. The minimum absolute atomic E-state index is 0.177. The van der Waals surface area contributed by atoms with Crippen LogP contribution >= 0.6 is 0 Å². The summed E-state index contributed by atoms with van der Waals surface area (Å²) < 4.78 is 0. The Morgan fingerprint density at radius 1 is 1.36 bits per heavy atom. The maximum absolute atomic E-state index is 10.4. The Bertz CT molecular complexity index is 121. The summed E-state index contributed by atoms with van der Waals surface area (Å²) in [6.45, 7) is 6.06. The number of carboxylic acid groups (broad SMARTS) is 1. The molecule has 0 rings (SSSR count). The minimum Gasteiger partial charge on any atom is -0.481 e. The van der Waals surface area contributed by atoms with Crippen LogP contribution in [0.15, 0.2) is 0 Å². The molecule has 2 nitrogen and oxygen atoms in total. The smallest absolute Gasteiger partial charge is 0.306 e. The number of aliphatic carboxylic acids is 1. The highest BCUT2D eigenvalue weighted by molar-refractivity contribution is 5.69. The summed E-state index contributed by atoms with van der Waals surface area (Å²) in [4.78, 5) is 10.4. The van der Waals surface area contributed by atoms with Crippen molar-refractivity contribution in [2.75, 3.05) is 0 Å². The molecule has 0 aromatic heterocycles. The van der Waals surface area contributed by atoms with Crippen LogP contribution in [0.2, 0.25) is 0 Å². The van der Waals surface area contributed by atoms with Crippen LogP contribution < -0.4 is 0 Å². The first-order chi connectivity index (χ1) is 5.07. The lowest BCUT2D eigenvalue weighted by atomic mass is 9.97. The van der Waals surface area contributed by atoms with Crippen LogP contribution in [0.4, 0.5) is 0 Å². The summed E-state index contributed by atoms with van der Waals surface area (Å²) in [7, 11) is 0. The SMILES string of the molecule is CC[C@@H](C)CC[C@H](C)C(=O)O. The molecule has 0 saturated heterocycles. The third kappa shape index (κ3) is 4.82. The topological polar surface area (TPSA) is 37.3 Å². The van der Waals surface area contributed by atoms with Gasteiger partial charge in [-0.2, -0.15) is 0 Å². The molecule has 0 radical (unpaired) electrons. The lowest BCUT2D eigenvalue weighted by Gasteiger charge is -2.09. The Morgan fingerprint density at radius 2 is 1.91 bits per heavy atom. The Hall–Kier alpha value is -0.530. The molecule has 1 N–H and O–H groups in total. The van der Waals surface area contributed by atoms with E-state index in [-0.39, 0.29) is 5.92 Å². The van der Waals surface area contributed by atoms with E-state index in [1.807, 2.05) is 0 Å². The maximum Gasteiger partial charge on any atom is 0.306 e. The fraction of sp³-hybridized carbons (Fsp3) is 0.889. The molecule has 0 unspecified atom stereocenters. The van der Waals surface area contributed by atoms with Crippen molar-refractivity contribution in [3.8, 4) is 0 Å². The maximum atomic E-state index is 10.4. The van der Waals surface area contributed by atoms with Gasteiger partial charge in [0.2, 0.25) is 0 Å². The van der Waals surface area contributed by atoms with E-state index in [4.69, 9.17) is 5.11 Å².